The van der Waals surface area contributed by atoms with Gasteiger partial charge >= 0.3 is 0 Å². The van der Waals surface area contributed by atoms with Crippen molar-refractivity contribution in [3.05, 3.63) is 65.4 Å². The summed E-state index contributed by atoms with van der Waals surface area (Å²) in [5.74, 6) is -0.128. The molecule has 1 amide bonds. The van der Waals surface area contributed by atoms with Gasteiger partial charge in [0.25, 0.3) is 5.91 Å². The highest BCUT2D eigenvalue weighted by atomic mass is 35.5. The molecule has 0 spiro atoms. The predicted octanol–water partition coefficient (Wildman–Crippen LogP) is 2.54. The van der Waals surface area contributed by atoms with Crippen LogP contribution in [0.1, 0.15) is 10.5 Å². The summed E-state index contributed by atoms with van der Waals surface area (Å²) in [5.41, 5.74) is 2.54. The molecule has 1 fully saturated rings. The molecule has 2 aromatic heterocycles. The van der Waals surface area contributed by atoms with Crippen LogP contribution < -0.4 is 10.2 Å². The van der Waals surface area contributed by atoms with E-state index in [9.17, 15) is 4.79 Å². The Balaban J connectivity index is 1.23. The number of benzene rings is 1. The topological polar surface area (TPSA) is 52.9 Å². The van der Waals surface area contributed by atoms with Crippen LogP contribution in [0, 0.1) is 0 Å². The monoisotopic (exact) mass is 383 g/mol. The molecule has 7 heteroatoms. The van der Waals surface area contributed by atoms with E-state index in [-0.39, 0.29) is 5.91 Å². The second-order valence-electron chi connectivity index (χ2n) is 6.66. The highest BCUT2D eigenvalue weighted by Gasteiger charge is 2.17. The van der Waals surface area contributed by atoms with E-state index < -0.39 is 0 Å². The van der Waals surface area contributed by atoms with Crippen molar-refractivity contribution < 1.29 is 4.79 Å². The predicted molar refractivity (Wildman–Crippen MR) is 108 cm³/mol. The Kier molecular flexibility index (Phi) is 5.27. The third-order valence-electron chi connectivity index (χ3n) is 4.86. The van der Waals surface area contributed by atoms with Crippen molar-refractivity contribution in [1.29, 1.82) is 0 Å². The van der Waals surface area contributed by atoms with E-state index in [1.807, 2.05) is 42.6 Å². The molecule has 1 N–H and O–H groups in total. The highest BCUT2D eigenvalue weighted by molar-refractivity contribution is 6.30. The molecule has 0 atom stereocenters. The van der Waals surface area contributed by atoms with Gasteiger partial charge < -0.3 is 10.2 Å². The van der Waals surface area contributed by atoms with Crippen LogP contribution in [0.2, 0.25) is 5.02 Å². The van der Waals surface area contributed by atoms with Gasteiger partial charge in [0.1, 0.15) is 0 Å². The molecular weight excluding hydrogens is 362 g/mol. The Labute approximate surface area is 163 Å². The second kappa shape index (κ2) is 7.98. The summed E-state index contributed by atoms with van der Waals surface area (Å²) >= 11 is 6.08. The van der Waals surface area contributed by atoms with Crippen LogP contribution in [0.15, 0.2) is 54.7 Å². The van der Waals surface area contributed by atoms with E-state index in [0.29, 0.717) is 12.2 Å². The number of pyridine rings is 1. The summed E-state index contributed by atoms with van der Waals surface area (Å²) in [5, 5.41) is 8.04. The van der Waals surface area contributed by atoms with E-state index in [4.69, 9.17) is 11.6 Å². The minimum absolute atomic E-state index is 0.128. The van der Waals surface area contributed by atoms with Crippen LogP contribution in [-0.4, -0.2) is 59.7 Å². The number of amides is 1. The second-order valence-corrected chi connectivity index (χ2v) is 7.10. The van der Waals surface area contributed by atoms with Gasteiger partial charge in [0, 0.05) is 56.2 Å². The van der Waals surface area contributed by atoms with Gasteiger partial charge in [-0.1, -0.05) is 23.7 Å². The first-order chi connectivity index (χ1) is 13.2. The smallest absolute Gasteiger partial charge is 0.271 e. The molecule has 3 heterocycles. The Bertz CT molecular complexity index is 900. The van der Waals surface area contributed by atoms with E-state index in [0.717, 1.165) is 43.3 Å². The molecule has 0 aliphatic carbocycles. The molecule has 1 aliphatic rings. The summed E-state index contributed by atoms with van der Waals surface area (Å²) in [6, 6.07) is 15.5. The molecule has 0 unspecified atom stereocenters. The quantitative estimate of drug-likeness (QED) is 0.735. The SMILES string of the molecule is O=C(NCCN1CCN(c2cccc(Cl)c2)CC1)c1cc2ccccn2n1. The third-order valence-corrected chi connectivity index (χ3v) is 5.10. The maximum absolute atomic E-state index is 12.3. The fraction of sp³-hybridized carbons (Fsp3) is 0.300. The van der Waals surface area contributed by atoms with Gasteiger partial charge in [-0.25, -0.2) is 4.52 Å². The summed E-state index contributed by atoms with van der Waals surface area (Å²) in [4.78, 5) is 17.0. The van der Waals surface area contributed by atoms with E-state index in [1.165, 1.54) is 5.69 Å². The van der Waals surface area contributed by atoms with Gasteiger partial charge in [0.2, 0.25) is 0 Å². The number of anilines is 1. The minimum Gasteiger partial charge on any atom is -0.369 e. The first kappa shape index (κ1) is 17.8. The fourth-order valence-corrected chi connectivity index (χ4v) is 3.55. The number of hydrogen-bond donors (Lipinski definition) is 1. The number of carbonyl (C=O) groups is 1. The van der Waals surface area contributed by atoms with Crippen molar-refractivity contribution in [2.75, 3.05) is 44.2 Å². The molecule has 0 bridgehead atoms. The number of halogens is 1. The van der Waals surface area contributed by atoms with Crippen molar-refractivity contribution in [3.63, 3.8) is 0 Å². The zero-order valence-electron chi connectivity index (χ0n) is 15.0. The fourth-order valence-electron chi connectivity index (χ4n) is 3.37. The molecule has 27 heavy (non-hydrogen) atoms. The van der Waals surface area contributed by atoms with Gasteiger partial charge in [-0.05, 0) is 36.4 Å². The summed E-state index contributed by atoms with van der Waals surface area (Å²) in [7, 11) is 0. The van der Waals surface area contributed by atoms with Crippen LogP contribution in [0.25, 0.3) is 5.52 Å². The van der Waals surface area contributed by atoms with Crippen molar-refractivity contribution in [3.8, 4) is 0 Å². The lowest BCUT2D eigenvalue weighted by Crippen LogP contribution is -2.48. The number of rotatable bonds is 5. The van der Waals surface area contributed by atoms with E-state index in [1.54, 1.807) is 10.6 Å². The number of fused-ring (bicyclic) bond motifs is 1. The Morgan fingerprint density at radius 2 is 1.93 bits per heavy atom. The molecule has 140 valence electrons. The lowest BCUT2D eigenvalue weighted by atomic mass is 10.2. The van der Waals surface area contributed by atoms with Gasteiger partial charge in [-0.3, -0.25) is 9.69 Å². The average molecular weight is 384 g/mol. The number of nitrogens with one attached hydrogen (secondary N) is 1. The van der Waals surface area contributed by atoms with Crippen LogP contribution in [0.4, 0.5) is 5.69 Å². The number of aromatic nitrogens is 2. The Morgan fingerprint density at radius 3 is 2.70 bits per heavy atom. The number of carbonyl (C=O) groups excluding carboxylic acids is 1. The largest absolute Gasteiger partial charge is 0.369 e. The maximum Gasteiger partial charge on any atom is 0.271 e. The van der Waals surface area contributed by atoms with Gasteiger partial charge in [0.05, 0.1) is 5.52 Å². The first-order valence-electron chi connectivity index (χ1n) is 9.14. The zero-order chi connectivity index (χ0) is 18.6. The number of piperazine rings is 1. The molecule has 0 saturated carbocycles. The van der Waals surface area contributed by atoms with E-state index in [2.05, 4.69) is 26.3 Å². The average Bonchev–Trinajstić information content (AvgIpc) is 3.13. The van der Waals surface area contributed by atoms with Crippen LogP contribution in [0.5, 0.6) is 0 Å². The lowest BCUT2D eigenvalue weighted by molar-refractivity contribution is 0.0942. The lowest BCUT2D eigenvalue weighted by Gasteiger charge is -2.36. The van der Waals surface area contributed by atoms with Crippen molar-refractivity contribution in [1.82, 2.24) is 19.8 Å². The standard InChI is InChI=1S/C20H22ClN5O/c21-16-4-3-6-17(14-16)25-12-10-24(11-13-25)9-7-22-20(27)19-15-18-5-1-2-8-26(18)23-19/h1-6,8,14-15H,7,9-13H2,(H,22,27). The van der Waals surface area contributed by atoms with Crippen molar-refractivity contribution in [2.24, 2.45) is 0 Å². The van der Waals surface area contributed by atoms with Gasteiger partial charge in [-0.2, -0.15) is 5.10 Å². The summed E-state index contributed by atoms with van der Waals surface area (Å²) in [6.45, 7) is 5.31. The maximum atomic E-state index is 12.3. The molecular formula is C20H22ClN5O. The molecule has 6 nitrogen and oxygen atoms in total. The van der Waals surface area contributed by atoms with Gasteiger partial charge in [-0.15, -0.1) is 0 Å². The molecule has 4 rings (SSSR count). The molecule has 1 saturated heterocycles. The molecule has 1 aromatic carbocycles. The van der Waals surface area contributed by atoms with Crippen molar-refractivity contribution in [2.45, 2.75) is 0 Å². The number of nitrogens with zero attached hydrogens (tertiary/aromatic N) is 4. The zero-order valence-corrected chi connectivity index (χ0v) is 15.8. The van der Waals surface area contributed by atoms with Crippen LogP contribution in [-0.2, 0) is 0 Å². The van der Waals surface area contributed by atoms with Gasteiger partial charge in [0.15, 0.2) is 5.69 Å². The normalized spacial score (nSPS) is 15.2. The Hall–Kier alpha value is -2.57. The van der Waals surface area contributed by atoms with Crippen LogP contribution in [0.3, 0.4) is 0 Å². The highest BCUT2D eigenvalue weighted by Crippen LogP contribution is 2.20. The first-order valence-corrected chi connectivity index (χ1v) is 9.52. The molecule has 0 radical (unpaired) electrons. The van der Waals surface area contributed by atoms with Crippen LogP contribution >= 0.6 is 11.6 Å². The third kappa shape index (κ3) is 4.23. The van der Waals surface area contributed by atoms with E-state index >= 15 is 0 Å². The summed E-state index contributed by atoms with van der Waals surface area (Å²) in [6.07, 6.45) is 1.84. The summed E-state index contributed by atoms with van der Waals surface area (Å²) < 4.78 is 1.71. The molecule has 1 aliphatic heterocycles. The minimum atomic E-state index is -0.128. The molecule has 3 aromatic rings. The van der Waals surface area contributed by atoms with Crippen molar-refractivity contribution >= 4 is 28.7 Å². The number of hydrogen-bond acceptors (Lipinski definition) is 4. The Morgan fingerprint density at radius 1 is 1.07 bits per heavy atom.